The van der Waals surface area contributed by atoms with Gasteiger partial charge in [-0.25, -0.2) is 0 Å². The molecule has 1 rings (SSSR count). The lowest BCUT2D eigenvalue weighted by Crippen LogP contribution is -2.40. The third kappa shape index (κ3) is 1.57. The molecule has 0 aliphatic heterocycles. The average Bonchev–Trinajstić information content (AvgIpc) is 2.24. The molecular formula is C9H19NO. The largest absolute Gasteiger partial charge is 0.396 e. The topological polar surface area (TPSA) is 32.3 Å². The summed E-state index contributed by atoms with van der Waals surface area (Å²) in [7, 11) is 1.99. The van der Waals surface area contributed by atoms with Crippen molar-refractivity contribution in [3.8, 4) is 0 Å². The van der Waals surface area contributed by atoms with Crippen LogP contribution in [0.5, 0.6) is 0 Å². The summed E-state index contributed by atoms with van der Waals surface area (Å²) < 4.78 is 0. The maximum absolute atomic E-state index is 9.06. The first-order chi connectivity index (χ1) is 5.11. The molecule has 0 aromatic carbocycles. The summed E-state index contributed by atoms with van der Waals surface area (Å²) in [6, 6.07) is 0.493. The van der Waals surface area contributed by atoms with Crippen molar-refractivity contribution in [2.75, 3.05) is 13.7 Å². The molecule has 0 aromatic rings. The third-order valence-electron chi connectivity index (χ3n) is 3.02. The lowest BCUT2D eigenvalue weighted by Gasteiger charge is -2.29. The van der Waals surface area contributed by atoms with Gasteiger partial charge in [0.15, 0.2) is 0 Å². The van der Waals surface area contributed by atoms with Crippen LogP contribution in [-0.2, 0) is 0 Å². The summed E-state index contributed by atoms with van der Waals surface area (Å²) in [4.78, 5) is 0. The summed E-state index contributed by atoms with van der Waals surface area (Å²) in [5.41, 5.74) is 0.363. The Balaban J connectivity index is 2.63. The van der Waals surface area contributed by atoms with Crippen LogP contribution in [0.15, 0.2) is 0 Å². The quantitative estimate of drug-likeness (QED) is 0.627. The van der Waals surface area contributed by atoms with Gasteiger partial charge in [0.05, 0.1) is 0 Å². The Morgan fingerprint density at radius 2 is 2.18 bits per heavy atom. The van der Waals surface area contributed by atoms with Crippen molar-refractivity contribution in [3.05, 3.63) is 0 Å². The normalized spacial score (nSPS) is 36.0. The second-order valence-corrected chi connectivity index (χ2v) is 4.24. The molecule has 0 heterocycles. The molecule has 1 aliphatic carbocycles. The van der Waals surface area contributed by atoms with Crippen LogP contribution in [0, 0.1) is 11.3 Å². The molecule has 1 fully saturated rings. The van der Waals surface area contributed by atoms with E-state index in [1.807, 2.05) is 7.05 Å². The fourth-order valence-corrected chi connectivity index (χ4v) is 2.34. The second kappa shape index (κ2) is 3.11. The molecule has 2 atom stereocenters. The number of rotatable bonds is 2. The van der Waals surface area contributed by atoms with Gasteiger partial charge in [-0.3, -0.25) is 0 Å². The minimum atomic E-state index is 0.328. The van der Waals surface area contributed by atoms with E-state index < -0.39 is 0 Å². The van der Waals surface area contributed by atoms with Gasteiger partial charge in [-0.2, -0.15) is 0 Å². The van der Waals surface area contributed by atoms with Crippen molar-refractivity contribution in [2.24, 2.45) is 11.3 Å². The van der Waals surface area contributed by atoms with Crippen molar-refractivity contribution in [1.29, 1.82) is 0 Å². The van der Waals surface area contributed by atoms with Crippen LogP contribution in [0.3, 0.4) is 0 Å². The van der Waals surface area contributed by atoms with Crippen molar-refractivity contribution in [3.63, 3.8) is 0 Å². The van der Waals surface area contributed by atoms with E-state index in [0.29, 0.717) is 24.0 Å². The molecular weight excluding hydrogens is 138 g/mol. The zero-order valence-electron chi connectivity index (χ0n) is 7.72. The van der Waals surface area contributed by atoms with Crippen molar-refractivity contribution >= 4 is 0 Å². The predicted octanol–water partition coefficient (Wildman–Crippen LogP) is 1.00. The Kier molecular flexibility index (Phi) is 2.55. The van der Waals surface area contributed by atoms with E-state index in [2.05, 4.69) is 19.2 Å². The van der Waals surface area contributed by atoms with Gasteiger partial charge in [0.1, 0.15) is 0 Å². The monoisotopic (exact) mass is 157 g/mol. The lowest BCUT2D eigenvalue weighted by atomic mass is 9.85. The van der Waals surface area contributed by atoms with Crippen molar-refractivity contribution in [1.82, 2.24) is 5.32 Å². The van der Waals surface area contributed by atoms with E-state index in [1.54, 1.807) is 0 Å². The van der Waals surface area contributed by atoms with Crippen LogP contribution in [0.1, 0.15) is 26.7 Å². The van der Waals surface area contributed by atoms with E-state index in [-0.39, 0.29) is 0 Å². The van der Waals surface area contributed by atoms with E-state index in [0.717, 1.165) is 6.42 Å². The van der Waals surface area contributed by atoms with Gasteiger partial charge in [0.2, 0.25) is 0 Å². The summed E-state index contributed by atoms with van der Waals surface area (Å²) in [5.74, 6) is 0.468. The predicted molar refractivity (Wildman–Crippen MR) is 46.4 cm³/mol. The minimum Gasteiger partial charge on any atom is -0.396 e. The molecule has 0 spiro atoms. The highest BCUT2D eigenvalue weighted by Crippen LogP contribution is 2.40. The maximum Gasteiger partial charge on any atom is 0.0474 e. The van der Waals surface area contributed by atoms with Gasteiger partial charge in [-0.05, 0) is 31.2 Å². The molecule has 2 heteroatoms. The molecule has 66 valence electrons. The average molecular weight is 157 g/mol. The summed E-state index contributed by atoms with van der Waals surface area (Å²) in [6.07, 6.45) is 2.39. The Hall–Kier alpha value is -0.0800. The molecule has 2 N–H and O–H groups in total. The first-order valence-electron chi connectivity index (χ1n) is 4.40. The smallest absolute Gasteiger partial charge is 0.0474 e. The number of aliphatic hydroxyl groups is 1. The Morgan fingerprint density at radius 1 is 1.55 bits per heavy atom. The van der Waals surface area contributed by atoms with Gasteiger partial charge < -0.3 is 10.4 Å². The molecule has 2 unspecified atom stereocenters. The Labute approximate surface area is 69.0 Å². The fraction of sp³-hybridized carbons (Fsp3) is 1.00. The number of hydrogen-bond acceptors (Lipinski definition) is 2. The van der Waals surface area contributed by atoms with Crippen molar-refractivity contribution in [2.45, 2.75) is 32.7 Å². The SMILES string of the molecule is CNC1C(CO)CCC1(C)C. The number of aliphatic hydroxyl groups excluding tert-OH is 1. The van der Waals surface area contributed by atoms with Crippen LogP contribution >= 0.6 is 0 Å². The first kappa shape index (κ1) is 9.01. The van der Waals surface area contributed by atoms with Crippen LogP contribution < -0.4 is 5.32 Å². The van der Waals surface area contributed by atoms with Crippen molar-refractivity contribution < 1.29 is 5.11 Å². The molecule has 1 saturated carbocycles. The van der Waals surface area contributed by atoms with Gasteiger partial charge in [-0.1, -0.05) is 13.8 Å². The summed E-state index contributed by atoms with van der Waals surface area (Å²) >= 11 is 0. The first-order valence-corrected chi connectivity index (χ1v) is 4.40. The Bertz CT molecular complexity index is 134. The molecule has 0 aromatic heterocycles. The zero-order chi connectivity index (χ0) is 8.48. The second-order valence-electron chi connectivity index (χ2n) is 4.24. The number of nitrogens with one attached hydrogen (secondary N) is 1. The molecule has 2 nitrogen and oxygen atoms in total. The van der Waals surface area contributed by atoms with Gasteiger partial charge >= 0.3 is 0 Å². The summed E-state index contributed by atoms with van der Waals surface area (Å²) in [5, 5.41) is 12.4. The highest BCUT2D eigenvalue weighted by molar-refractivity contribution is 4.94. The fourth-order valence-electron chi connectivity index (χ4n) is 2.34. The Morgan fingerprint density at radius 3 is 2.55 bits per heavy atom. The van der Waals surface area contributed by atoms with Gasteiger partial charge in [0.25, 0.3) is 0 Å². The van der Waals surface area contributed by atoms with E-state index in [4.69, 9.17) is 5.11 Å². The van der Waals surface area contributed by atoms with Crippen LogP contribution in [-0.4, -0.2) is 24.8 Å². The van der Waals surface area contributed by atoms with Crippen LogP contribution in [0.4, 0.5) is 0 Å². The molecule has 11 heavy (non-hydrogen) atoms. The molecule has 1 aliphatic rings. The van der Waals surface area contributed by atoms with E-state index in [9.17, 15) is 0 Å². The number of hydrogen-bond donors (Lipinski definition) is 2. The minimum absolute atomic E-state index is 0.328. The molecule has 0 amide bonds. The third-order valence-corrected chi connectivity index (χ3v) is 3.02. The van der Waals surface area contributed by atoms with Crippen LogP contribution in [0.2, 0.25) is 0 Å². The van der Waals surface area contributed by atoms with Gasteiger partial charge in [0, 0.05) is 12.6 Å². The van der Waals surface area contributed by atoms with E-state index in [1.165, 1.54) is 6.42 Å². The standard InChI is InChI=1S/C9H19NO/c1-9(2)5-4-7(6-11)8(9)10-3/h7-8,10-11H,4-6H2,1-3H3. The summed E-state index contributed by atoms with van der Waals surface area (Å²) in [6.45, 7) is 4.86. The highest BCUT2D eigenvalue weighted by atomic mass is 16.3. The molecule has 0 bridgehead atoms. The molecule has 0 saturated heterocycles. The van der Waals surface area contributed by atoms with E-state index >= 15 is 0 Å². The lowest BCUT2D eigenvalue weighted by molar-refractivity contribution is 0.178. The molecule has 0 radical (unpaired) electrons. The van der Waals surface area contributed by atoms with Crippen LogP contribution in [0.25, 0.3) is 0 Å². The maximum atomic E-state index is 9.06. The zero-order valence-corrected chi connectivity index (χ0v) is 7.72. The highest BCUT2D eigenvalue weighted by Gasteiger charge is 2.40. The van der Waals surface area contributed by atoms with Gasteiger partial charge in [-0.15, -0.1) is 0 Å².